The molecule has 0 heterocycles. The van der Waals surface area contributed by atoms with E-state index in [1.807, 2.05) is 22.6 Å². The number of amidine groups is 1. The standard InChI is InChI=1S/C10H5BrFIN6/c11-5-1-6(13)9(4(2-14)8(5)12)19-18-7(3-15)10(16)17/h1,19H,(H3,16,17)/b18-7+. The zero-order valence-corrected chi connectivity index (χ0v) is 12.9. The first-order valence-electron chi connectivity index (χ1n) is 4.58. The second kappa shape index (κ2) is 6.45. The fourth-order valence-corrected chi connectivity index (χ4v) is 2.62. The van der Waals surface area contributed by atoms with Gasteiger partial charge >= 0.3 is 0 Å². The largest absolute Gasteiger partial charge is 0.382 e. The van der Waals surface area contributed by atoms with Crippen molar-refractivity contribution in [3.05, 3.63) is 25.5 Å². The fraction of sp³-hybridized carbons (Fsp3) is 0. The molecule has 19 heavy (non-hydrogen) atoms. The van der Waals surface area contributed by atoms with E-state index in [-0.39, 0.29) is 21.4 Å². The highest BCUT2D eigenvalue weighted by molar-refractivity contribution is 14.1. The van der Waals surface area contributed by atoms with Gasteiger partial charge in [0.15, 0.2) is 11.7 Å². The zero-order chi connectivity index (χ0) is 14.6. The minimum Gasteiger partial charge on any atom is -0.382 e. The van der Waals surface area contributed by atoms with E-state index < -0.39 is 11.7 Å². The molecule has 6 nitrogen and oxygen atoms in total. The molecular weight excluding hydrogens is 430 g/mol. The first-order valence-corrected chi connectivity index (χ1v) is 6.45. The molecule has 0 radical (unpaired) electrons. The molecule has 0 saturated heterocycles. The third kappa shape index (κ3) is 3.39. The van der Waals surface area contributed by atoms with E-state index in [2.05, 4.69) is 26.5 Å². The van der Waals surface area contributed by atoms with Gasteiger partial charge in [-0.15, -0.1) is 0 Å². The summed E-state index contributed by atoms with van der Waals surface area (Å²) in [6.07, 6.45) is 0. The summed E-state index contributed by atoms with van der Waals surface area (Å²) in [7, 11) is 0. The van der Waals surface area contributed by atoms with Crippen molar-refractivity contribution in [1.29, 1.82) is 15.9 Å². The number of hydrazone groups is 1. The van der Waals surface area contributed by atoms with Crippen LogP contribution in [0.15, 0.2) is 15.6 Å². The van der Waals surface area contributed by atoms with Crippen LogP contribution >= 0.6 is 38.5 Å². The number of nitrogens with zero attached hydrogens (tertiary/aromatic N) is 3. The number of rotatable bonds is 3. The monoisotopic (exact) mass is 434 g/mol. The van der Waals surface area contributed by atoms with Gasteiger partial charge in [0.1, 0.15) is 17.7 Å². The molecule has 0 spiro atoms. The summed E-state index contributed by atoms with van der Waals surface area (Å²) in [5, 5.41) is 28.3. The highest BCUT2D eigenvalue weighted by Crippen LogP contribution is 2.30. The maximum absolute atomic E-state index is 13.7. The van der Waals surface area contributed by atoms with Crippen molar-refractivity contribution in [1.82, 2.24) is 0 Å². The van der Waals surface area contributed by atoms with Crippen molar-refractivity contribution < 1.29 is 4.39 Å². The van der Waals surface area contributed by atoms with Gasteiger partial charge in [0.05, 0.1) is 10.2 Å². The van der Waals surface area contributed by atoms with Crippen LogP contribution in [-0.2, 0) is 0 Å². The highest BCUT2D eigenvalue weighted by atomic mass is 127. The van der Waals surface area contributed by atoms with E-state index in [9.17, 15) is 4.39 Å². The molecule has 0 aliphatic carbocycles. The average molecular weight is 435 g/mol. The quantitative estimate of drug-likeness (QED) is 0.222. The molecule has 9 heteroatoms. The third-order valence-electron chi connectivity index (χ3n) is 1.92. The number of halogens is 3. The molecular formula is C10H5BrFIN6. The van der Waals surface area contributed by atoms with Crippen LogP contribution in [0.5, 0.6) is 0 Å². The lowest BCUT2D eigenvalue weighted by Crippen LogP contribution is -2.22. The Hall–Kier alpha value is -1.72. The first-order chi connectivity index (χ1) is 8.92. The minimum atomic E-state index is -0.734. The summed E-state index contributed by atoms with van der Waals surface area (Å²) in [4.78, 5) is 0. The van der Waals surface area contributed by atoms with Gasteiger partial charge in [-0.2, -0.15) is 15.6 Å². The Balaban J connectivity index is 3.31. The molecule has 0 aromatic heterocycles. The van der Waals surface area contributed by atoms with Crippen molar-refractivity contribution in [2.24, 2.45) is 10.8 Å². The summed E-state index contributed by atoms with van der Waals surface area (Å²) in [5.74, 6) is -1.26. The summed E-state index contributed by atoms with van der Waals surface area (Å²) < 4.78 is 14.4. The van der Waals surface area contributed by atoms with Crippen LogP contribution in [0.3, 0.4) is 0 Å². The van der Waals surface area contributed by atoms with Crippen LogP contribution in [-0.4, -0.2) is 11.5 Å². The number of nitriles is 2. The van der Waals surface area contributed by atoms with Crippen LogP contribution in [0.25, 0.3) is 0 Å². The summed E-state index contributed by atoms with van der Waals surface area (Å²) >= 11 is 4.87. The molecule has 1 aromatic carbocycles. The lowest BCUT2D eigenvalue weighted by Gasteiger charge is -2.08. The number of hydrogen-bond donors (Lipinski definition) is 3. The average Bonchev–Trinajstić information content (AvgIpc) is 2.35. The van der Waals surface area contributed by atoms with E-state index in [0.717, 1.165) is 0 Å². The number of hydrogen-bond acceptors (Lipinski definition) is 5. The van der Waals surface area contributed by atoms with Crippen molar-refractivity contribution in [3.8, 4) is 12.1 Å². The molecule has 0 aliphatic heterocycles. The Bertz CT molecular complexity index is 657. The molecule has 0 aliphatic rings. The fourth-order valence-electron chi connectivity index (χ4n) is 1.07. The van der Waals surface area contributed by atoms with E-state index in [1.54, 1.807) is 12.1 Å². The van der Waals surface area contributed by atoms with Crippen LogP contribution in [0.1, 0.15) is 5.56 Å². The van der Waals surface area contributed by atoms with Crippen molar-refractivity contribution in [2.45, 2.75) is 0 Å². The highest BCUT2D eigenvalue weighted by Gasteiger charge is 2.16. The molecule has 0 saturated carbocycles. The van der Waals surface area contributed by atoms with E-state index in [1.165, 1.54) is 6.07 Å². The summed E-state index contributed by atoms with van der Waals surface area (Å²) in [5.41, 5.74) is 7.01. The van der Waals surface area contributed by atoms with Crippen LogP contribution in [0, 0.1) is 37.5 Å². The topological polar surface area (TPSA) is 122 Å². The van der Waals surface area contributed by atoms with Gasteiger partial charge in [0.2, 0.25) is 5.71 Å². The van der Waals surface area contributed by atoms with E-state index in [0.29, 0.717) is 3.57 Å². The van der Waals surface area contributed by atoms with Crippen molar-refractivity contribution in [2.75, 3.05) is 5.43 Å². The predicted molar refractivity (Wildman–Crippen MR) is 80.1 cm³/mol. The van der Waals surface area contributed by atoms with Crippen LogP contribution in [0.2, 0.25) is 0 Å². The molecule has 4 N–H and O–H groups in total. The second-order valence-electron chi connectivity index (χ2n) is 3.11. The van der Waals surface area contributed by atoms with Gasteiger partial charge in [-0.25, -0.2) is 4.39 Å². The molecule has 96 valence electrons. The van der Waals surface area contributed by atoms with Crippen LogP contribution < -0.4 is 11.2 Å². The molecule has 0 unspecified atom stereocenters. The molecule has 1 rings (SSSR count). The van der Waals surface area contributed by atoms with Crippen molar-refractivity contribution >= 4 is 55.8 Å². The molecule has 1 aromatic rings. The zero-order valence-electron chi connectivity index (χ0n) is 9.13. The molecule has 0 fully saturated rings. The number of anilines is 1. The minimum absolute atomic E-state index is 0.109. The Labute approximate surface area is 129 Å². The molecule has 0 amide bonds. The predicted octanol–water partition coefficient (Wildman–Crippen LogP) is 2.29. The first kappa shape index (κ1) is 15.3. The van der Waals surface area contributed by atoms with Gasteiger partial charge < -0.3 is 5.73 Å². The Morgan fingerprint density at radius 3 is 2.68 bits per heavy atom. The lowest BCUT2D eigenvalue weighted by molar-refractivity contribution is 0.617. The number of benzene rings is 1. The van der Waals surface area contributed by atoms with Gasteiger partial charge in [0.25, 0.3) is 0 Å². The molecule has 0 atom stereocenters. The van der Waals surface area contributed by atoms with Crippen molar-refractivity contribution in [3.63, 3.8) is 0 Å². The van der Waals surface area contributed by atoms with E-state index in [4.69, 9.17) is 21.7 Å². The van der Waals surface area contributed by atoms with Gasteiger partial charge in [0, 0.05) is 3.57 Å². The third-order valence-corrected chi connectivity index (χ3v) is 3.35. The maximum atomic E-state index is 13.7. The normalized spacial score (nSPS) is 10.5. The van der Waals surface area contributed by atoms with E-state index >= 15 is 0 Å². The van der Waals surface area contributed by atoms with Gasteiger partial charge in [-0.3, -0.25) is 10.8 Å². The Kier molecular flexibility index (Phi) is 5.20. The maximum Gasteiger partial charge on any atom is 0.201 e. The lowest BCUT2D eigenvalue weighted by atomic mass is 10.2. The smallest absolute Gasteiger partial charge is 0.201 e. The van der Waals surface area contributed by atoms with Gasteiger partial charge in [-0.1, -0.05) is 0 Å². The molecule has 0 bridgehead atoms. The number of nitrogens with two attached hydrogens (primary N) is 1. The van der Waals surface area contributed by atoms with Gasteiger partial charge in [-0.05, 0) is 44.6 Å². The Morgan fingerprint density at radius 2 is 2.21 bits per heavy atom. The second-order valence-corrected chi connectivity index (χ2v) is 5.13. The summed E-state index contributed by atoms with van der Waals surface area (Å²) in [6, 6.07) is 4.76. The number of nitrogens with one attached hydrogen (secondary N) is 2. The SMILES string of the molecule is N#C/C(=N\Nc1c(I)cc(Br)c(F)c1C#N)C(=N)N. The summed E-state index contributed by atoms with van der Waals surface area (Å²) in [6.45, 7) is 0. The van der Waals surface area contributed by atoms with Crippen LogP contribution in [0.4, 0.5) is 10.1 Å². The Morgan fingerprint density at radius 1 is 1.58 bits per heavy atom.